The van der Waals surface area contributed by atoms with Crippen LogP contribution in [0.4, 0.5) is 0 Å². The molecular weight excluding hydrogens is 142 g/mol. The van der Waals surface area contributed by atoms with E-state index in [1.165, 1.54) is 16.8 Å². The molecule has 0 aromatic carbocycles. The fraction of sp³-hybridized carbons (Fsp3) is 1.00. The monoisotopic (exact) mass is 160 g/mol. The lowest BCUT2D eigenvalue weighted by molar-refractivity contribution is 0.494. The van der Waals surface area contributed by atoms with Crippen molar-refractivity contribution in [3.05, 3.63) is 0 Å². The van der Waals surface area contributed by atoms with Gasteiger partial charge in [0.05, 0.1) is 10.4 Å². The Labute approximate surface area is 63.6 Å². The molecule has 1 atom stereocenters. The highest BCUT2D eigenvalue weighted by Crippen LogP contribution is 2.00. The first-order valence-corrected chi connectivity index (χ1v) is 6.96. The Hall–Kier alpha value is 0.394. The Morgan fingerprint density at radius 1 is 1.56 bits per heavy atom. The summed E-state index contributed by atoms with van der Waals surface area (Å²) in [4.78, 5) is 0. The molecule has 9 heavy (non-hydrogen) atoms. The van der Waals surface area contributed by atoms with Crippen molar-refractivity contribution < 1.29 is 0 Å². The lowest BCUT2D eigenvalue weighted by Crippen LogP contribution is -2.38. The summed E-state index contributed by atoms with van der Waals surface area (Å²) in [5.41, 5.74) is 0. The van der Waals surface area contributed by atoms with Crippen molar-refractivity contribution in [3.8, 4) is 0 Å². The summed E-state index contributed by atoms with van der Waals surface area (Å²) in [5, 5.41) is 0. The van der Waals surface area contributed by atoms with Crippen LogP contribution in [-0.2, 0) is 0 Å². The maximum absolute atomic E-state index is 2.63. The third kappa shape index (κ3) is 3.18. The fourth-order valence-electron chi connectivity index (χ4n) is 0.715. The van der Waals surface area contributed by atoms with E-state index < -0.39 is 0 Å². The lowest BCUT2D eigenvalue weighted by atomic mass is 10.3. The minimum absolute atomic E-state index is 0.128. The molecule has 1 unspecified atom stereocenters. The summed E-state index contributed by atoms with van der Waals surface area (Å²) in [7, 11) is 1.12. The second kappa shape index (κ2) is 4.25. The molecule has 0 aliphatic heterocycles. The Morgan fingerprint density at radius 3 is 2.11 bits per heavy atom. The van der Waals surface area contributed by atoms with Crippen molar-refractivity contribution in [1.82, 2.24) is 4.23 Å². The van der Waals surface area contributed by atoms with Crippen LogP contribution in [0.15, 0.2) is 0 Å². The average Bonchev–Trinajstić information content (AvgIpc) is 1.84. The largest absolute Gasteiger partial charge is 0.352 e. The zero-order valence-corrected chi connectivity index (χ0v) is 10.2. The summed E-state index contributed by atoms with van der Waals surface area (Å²) in [6.45, 7) is 9.32. The van der Waals surface area contributed by atoms with Gasteiger partial charge in [-0.3, -0.25) is 0 Å². The second-order valence-corrected chi connectivity index (χ2v) is 7.27. The van der Waals surface area contributed by atoms with E-state index in [1.807, 2.05) is 0 Å². The van der Waals surface area contributed by atoms with E-state index in [9.17, 15) is 0 Å². The number of hydrogen-bond acceptors (Lipinski definition) is 1. The molecule has 0 rings (SSSR count). The minimum atomic E-state index is -0.128. The van der Waals surface area contributed by atoms with Gasteiger partial charge in [0.2, 0.25) is 0 Å². The third-order valence-corrected chi connectivity index (χ3v) is 7.37. The van der Waals surface area contributed by atoms with Crippen LogP contribution >= 0.6 is 0 Å². The molecular formula is C6H18NSi2. The Kier molecular flexibility index (Phi) is 4.43. The van der Waals surface area contributed by atoms with Crippen molar-refractivity contribution >= 4 is 19.4 Å². The molecule has 0 aromatic heterocycles. The van der Waals surface area contributed by atoms with Crippen LogP contribution in [0.5, 0.6) is 0 Å². The molecule has 0 aromatic rings. The van der Waals surface area contributed by atoms with Gasteiger partial charge in [-0.25, -0.2) is 0 Å². The molecule has 0 saturated heterocycles. The highest BCUT2D eigenvalue weighted by atomic mass is 28.3. The zero-order valence-electron chi connectivity index (χ0n) is 7.23. The maximum atomic E-state index is 2.63. The summed E-state index contributed by atoms with van der Waals surface area (Å²) < 4.78 is 2.63. The molecule has 55 valence electrons. The minimum Gasteiger partial charge on any atom is -0.352 e. The van der Waals surface area contributed by atoms with E-state index in [-0.39, 0.29) is 8.96 Å². The van der Waals surface area contributed by atoms with Crippen molar-refractivity contribution in [1.29, 1.82) is 0 Å². The van der Waals surface area contributed by atoms with Crippen molar-refractivity contribution in [2.24, 2.45) is 0 Å². The van der Waals surface area contributed by atoms with Crippen molar-refractivity contribution in [2.75, 3.05) is 0 Å². The third-order valence-electron chi connectivity index (χ3n) is 1.96. The SMILES string of the molecule is CCC(C)N([SiH3])[Si](C)C. The van der Waals surface area contributed by atoms with Crippen molar-refractivity contribution in [3.63, 3.8) is 0 Å². The Balaban J connectivity index is 3.58. The van der Waals surface area contributed by atoms with Crippen molar-refractivity contribution in [2.45, 2.75) is 39.4 Å². The smallest absolute Gasteiger partial charge is 0.122 e. The number of rotatable bonds is 3. The van der Waals surface area contributed by atoms with Crippen LogP contribution in [0.2, 0.25) is 13.1 Å². The molecule has 0 fully saturated rings. The number of hydrogen-bond donors (Lipinski definition) is 0. The molecule has 0 saturated carbocycles. The standard InChI is InChI=1S/C6H18NSi2/c1-5-6(2)7(8)9(3)4/h6H,5H2,1-4,8H3. The van der Waals surface area contributed by atoms with Gasteiger partial charge in [0.25, 0.3) is 0 Å². The van der Waals surface area contributed by atoms with Crippen LogP contribution in [-0.4, -0.2) is 29.6 Å². The first-order valence-electron chi connectivity index (χ1n) is 3.62. The van der Waals surface area contributed by atoms with Crippen LogP contribution in [0, 0.1) is 0 Å². The van der Waals surface area contributed by atoms with Crippen LogP contribution in [0.25, 0.3) is 0 Å². The molecule has 0 amide bonds. The Bertz CT molecular complexity index is 75.5. The van der Waals surface area contributed by atoms with Crippen LogP contribution < -0.4 is 0 Å². The van der Waals surface area contributed by atoms with E-state index in [0.717, 1.165) is 6.04 Å². The quantitative estimate of drug-likeness (QED) is 0.547. The maximum Gasteiger partial charge on any atom is 0.122 e. The van der Waals surface area contributed by atoms with Crippen LogP contribution in [0.3, 0.4) is 0 Å². The van der Waals surface area contributed by atoms with E-state index in [0.29, 0.717) is 0 Å². The summed E-state index contributed by atoms with van der Waals surface area (Å²) in [6, 6.07) is 0.834. The molecule has 1 radical (unpaired) electrons. The fourth-order valence-corrected chi connectivity index (χ4v) is 2.14. The van der Waals surface area contributed by atoms with Gasteiger partial charge < -0.3 is 4.23 Å². The van der Waals surface area contributed by atoms with Gasteiger partial charge in [-0.15, -0.1) is 0 Å². The topological polar surface area (TPSA) is 3.24 Å². The molecule has 1 nitrogen and oxygen atoms in total. The summed E-state index contributed by atoms with van der Waals surface area (Å²) in [5.74, 6) is 0. The highest BCUT2D eigenvalue weighted by molar-refractivity contribution is 6.58. The second-order valence-electron chi connectivity index (χ2n) is 2.82. The lowest BCUT2D eigenvalue weighted by Gasteiger charge is -2.26. The van der Waals surface area contributed by atoms with Gasteiger partial charge in [0.15, 0.2) is 0 Å². The predicted molar refractivity (Wildman–Crippen MR) is 49.0 cm³/mol. The molecule has 0 aliphatic rings. The molecule has 0 heterocycles. The highest BCUT2D eigenvalue weighted by Gasteiger charge is 2.09. The van der Waals surface area contributed by atoms with Gasteiger partial charge in [-0.1, -0.05) is 26.9 Å². The first-order chi connectivity index (χ1) is 4.09. The molecule has 0 aliphatic carbocycles. The molecule has 0 N–H and O–H groups in total. The van der Waals surface area contributed by atoms with Gasteiger partial charge in [-0.2, -0.15) is 0 Å². The van der Waals surface area contributed by atoms with Gasteiger partial charge in [0, 0.05) is 0 Å². The zero-order chi connectivity index (χ0) is 7.44. The van der Waals surface area contributed by atoms with E-state index in [2.05, 4.69) is 31.2 Å². The number of nitrogens with zero attached hydrogens (tertiary/aromatic N) is 1. The van der Waals surface area contributed by atoms with Gasteiger partial charge in [-0.05, 0) is 12.5 Å². The Morgan fingerprint density at radius 2 is 2.00 bits per heavy atom. The molecule has 0 bridgehead atoms. The first kappa shape index (κ1) is 9.39. The normalized spacial score (nSPS) is 15.3. The van der Waals surface area contributed by atoms with Gasteiger partial charge in [0.1, 0.15) is 8.96 Å². The average molecular weight is 160 g/mol. The predicted octanol–water partition coefficient (Wildman–Crippen LogP) is 0.618. The van der Waals surface area contributed by atoms with E-state index in [4.69, 9.17) is 0 Å². The van der Waals surface area contributed by atoms with E-state index in [1.54, 1.807) is 0 Å². The van der Waals surface area contributed by atoms with Crippen LogP contribution in [0.1, 0.15) is 20.3 Å². The molecule has 3 heteroatoms. The van der Waals surface area contributed by atoms with E-state index >= 15 is 0 Å². The summed E-state index contributed by atoms with van der Waals surface area (Å²) in [6.07, 6.45) is 1.30. The van der Waals surface area contributed by atoms with Gasteiger partial charge >= 0.3 is 0 Å². The summed E-state index contributed by atoms with van der Waals surface area (Å²) >= 11 is 0. The molecule has 0 spiro atoms.